The van der Waals surface area contributed by atoms with E-state index in [1.807, 2.05) is 0 Å². The van der Waals surface area contributed by atoms with Gasteiger partial charge in [0.15, 0.2) is 0 Å². The number of amides is 3. The Balaban J connectivity index is 1.40. The fourth-order valence-corrected chi connectivity index (χ4v) is 3.88. The summed E-state index contributed by atoms with van der Waals surface area (Å²) in [5, 5.41) is 2.82. The summed E-state index contributed by atoms with van der Waals surface area (Å²) in [6.45, 7) is 1.27. The molecule has 1 saturated heterocycles. The maximum Gasteiger partial charge on any atom is 0.416 e. The van der Waals surface area contributed by atoms with Crippen LogP contribution in [0.4, 0.5) is 29.3 Å². The van der Waals surface area contributed by atoms with Gasteiger partial charge in [0.25, 0.3) is 5.91 Å². The van der Waals surface area contributed by atoms with Crippen molar-refractivity contribution in [2.24, 2.45) is 0 Å². The molecule has 1 N–H and O–H groups in total. The third-order valence-corrected chi connectivity index (χ3v) is 5.73. The first kappa shape index (κ1) is 24.1. The van der Waals surface area contributed by atoms with Crippen molar-refractivity contribution in [3.05, 3.63) is 89.5 Å². The number of carbonyl (C=O) groups excluding carboxylic acids is 2. The van der Waals surface area contributed by atoms with E-state index >= 15 is 0 Å². The lowest BCUT2D eigenvalue weighted by molar-refractivity contribution is -0.137. The summed E-state index contributed by atoms with van der Waals surface area (Å²) in [7, 11) is 1.53. The predicted molar refractivity (Wildman–Crippen MR) is 127 cm³/mol. The molecular weight excluding hydrogens is 459 g/mol. The van der Waals surface area contributed by atoms with E-state index < -0.39 is 11.7 Å². The quantitative estimate of drug-likeness (QED) is 0.482. The Hall–Kier alpha value is -4.01. The number of urea groups is 1. The molecule has 3 aromatic rings. The van der Waals surface area contributed by atoms with E-state index in [9.17, 15) is 22.8 Å². The van der Waals surface area contributed by atoms with Crippen molar-refractivity contribution in [3.8, 4) is 5.75 Å². The highest BCUT2D eigenvalue weighted by Gasteiger charge is 2.30. The van der Waals surface area contributed by atoms with Gasteiger partial charge in [-0.1, -0.05) is 18.2 Å². The standard InChI is InChI=1S/C26H24F3N3O3/c1-35-23-5-2-4-19(16-23)24(33)30-21-10-12-22(13-11-21)32-15-3-14-31(25(32)34)17-18-6-8-20(9-7-18)26(27,28)29/h2,4-13,16H,3,14-15,17H2,1H3,(H,30,33). The van der Waals surface area contributed by atoms with Gasteiger partial charge >= 0.3 is 12.2 Å². The first-order valence-corrected chi connectivity index (χ1v) is 11.0. The number of rotatable bonds is 6. The van der Waals surface area contributed by atoms with Crippen LogP contribution >= 0.6 is 0 Å². The van der Waals surface area contributed by atoms with Gasteiger partial charge in [0.05, 0.1) is 12.7 Å². The molecule has 4 rings (SSSR count). The normalized spacial score (nSPS) is 14.1. The number of carbonyl (C=O) groups is 2. The van der Waals surface area contributed by atoms with Crippen LogP contribution in [-0.2, 0) is 12.7 Å². The van der Waals surface area contributed by atoms with Crippen molar-refractivity contribution >= 4 is 23.3 Å². The van der Waals surface area contributed by atoms with Gasteiger partial charge in [-0.15, -0.1) is 0 Å². The van der Waals surface area contributed by atoms with Gasteiger partial charge in [-0.3, -0.25) is 9.69 Å². The van der Waals surface area contributed by atoms with E-state index in [0.29, 0.717) is 41.3 Å². The maximum absolute atomic E-state index is 13.1. The number of ether oxygens (including phenoxy) is 1. The fraction of sp³-hybridized carbons (Fsp3) is 0.231. The van der Waals surface area contributed by atoms with E-state index in [1.54, 1.807) is 58.3 Å². The summed E-state index contributed by atoms with van der Waals surface area (Å²) < 4.78 is 43.5. The van der Waals surface area contributed by atoms with Gasteiger partial charge in [-0.25, -0.2) is 4.79 Å². The number of hydrogen-bond donors (Lipinski definition) is 1. The van der Waals surface area contributed by atoms with Gasteiger partial charge in [-0.05, 0) is 66.6 Å². The second-order valence-electron chi connectivity index (χ2n) is 8.14. The first-order valence-electron chi connectivity index (χ1n) is 11.0. The van der Waals surface area contributed by atoms with E-state index in [-0.39, 0.29) is 18.5 Å². The number of hydrogen-bond acceptors (Lipinski definition) is 3. The minimum absolute atomic E-state index is 0.218. The molecule has 0 bridgehead atoms. The average Bonchev–Trinajstić information content (AvgIpc) is 2.86. The molecule has 1 heterocycles. The van der Waals surface area contributed by atoms with Crippen LogP contribution in [0.15, 0.2) is 72.8 Å². The number of methoxy groups -OCH3 is 1. The number of anilines is 2. The molecule has 0 saturated carbocycles. The molecule has 3 aromatic carbocycles. The van der Waals surface area contributed by atoms with Gasteiger partial charge in [-0.2, -0.15) is 13.2 Å². The molecule has 0 aromatic heterocycles. The summed E-state index contributed by atoms with van der Waals surface area (Å²) in [6.07, 6.45) is -3.67. The van der Waals surface area contributed by atoms with Gasteiger partial charge in [0.2, 0.25) is 0 Å². The van der Waals surface area contributed by atoms with Crippen LogP contribution in [0.1, 0.15) is 27.9 Å². The summed E-state index contributed by atoms with van der Waals surface area (Å²) in [4.78, 5) is 28.8. The van der Waals surface area contributed by atoms with Crippen LogP contribution in [0.5, 0.6) is 5.75 Å². The van der Waals surface area contributed by atoms with Crippen LogP contribution in [0.3, 0.4) is 0 Å². The van der Waals surface area contributed by atoms with E-state index in [4.69, 9.17) is 4.74 Å². The second kappa shape index (κ2) is 10.1. The van der Waals surface area contributed by atoms with Gasteiger partial charge < -0.3 is 15.0 Å². The Morgan fingerprint density at radius 2 is 1.71 bits per heavy atom. The molecule has 6 nitrogen and oxygen atoms in total. The third kappa shape index (κ3) is 5.74. The Morgan fingerprint density at radius 3 is 2.37 bits per heavy atom. The van der Waals surface area contributed by atoms with Crippen LogP contribution in [0, 0.1) is 0 Å². The Morgan fingerprint density at radius 1 is 1.00 bits per heavy atom. The predicted octanol–water partition coefficient (Wildman–Crippen LogP) is 5.80. The van der Waals surface area contributed by atoms with Crippen LogP contribution < -0.4 is 15.0 Å². The largest absolute Gasteiger partial charge is 0.497 e. The van der Waals surface area contributed by atoms with Crippen molar-refractivity contribution < 1.29 is 27.5 Å². The zero-order chi connectivity index (χ0) is 25.0. The van der Waals surface area contributed by atoms with Crippen molar-refractivity contribution in [3.63, 3.8) is 0 Å². The van der Waals surface area contributed by atoms with Crippen molar-refractivity contribution in [2.75, 3.05) is 30.4 Å². The molecule has 0 radical (unpaired) electrons. The van der Waals surface area contributed by atoms with Gasteiger partial charge in [0.1, 0.15) is 5.75 Å². The summed E-state index contributed by atoms with van der Waals surface area (Å²) in [5.41, 5.74) is 1.62. The number of alkyl halides is 3. The van der Waals surface area contributed by atoms with Crippen LogP contribution in [0.25, 0.3) is 0 Å². The second-order valence-corrected chi connectivity index (χ2v) is 8.14. The molecule has 0 aliphatic carbocycles. The monoisotopic (exact) mass is 483 g/mol. The van der Waals surface area contributed by atoms with Gasteiger partial charge in [0, 0.05) is 36.6 Å². The lowest BCUT2D eigenvalue weighted by Gasteiger charge is -2.35. The van der Waals surface area contributed by atoms with Crippen molar-refractivity contribution in [1.82, 2.24) is 4.90 Å². The van der Waals surface area contributed by atoms with Crippen molar-refractivity contribution in [2.45, 2.75) is 19.1 Å². The molecular formula is C26H24F3N3O3. The minimum atomic E-state index is -4.39. The van der Waals surface area contributed by atoms with Crippen LogP contribution in [0.2, 0.25) is 0 Å². The lowest BCUT2D eigenvalue weighted by Crippen LogP contribution is -2.49. The zero-order valence-corrected chi connectivity index (χ0v) is 19.0. The third-order valence-electron chi connectivity index (χ3n) is 5.73. The maximum atomic E-state index is 13.1. The molecule has 182 valence electrons. The van der Waals surface area contributed by atoms with Crippen LogP contribution in [-0.4, -0.2) is 37.0 Å². The van der Waals surface area contributed by atoms with E-state index in [1.165, 1.54) is 19.2 Å². The van der Waals surface area contributed by atoms with E-state index in [0.717, 1.165) is 18.6 Å². The molecule has 1 fully saturated rings. The number of benzene rings is 3. The first-order chi connectivity index (χ1) is 16.7. The Labute approximate surface area is 200 Å². The molecule has 3 amide bonds. The highest BCUT2D eigenvalue weighted by molar-refractivity contribution is 6.04. The molecule has 35 heavy (non-hydrogen) atoms. The molecule has 9 heteroatoms. The Bertz CT molecular complexity index is 1190. The smallest absolute Gasteiger partial charge is 0.416 e. The van der Waals surface area contributed by atoms with E-state index in [2.05, 4.69) is 5.32 Å². The molecule has 0 spiro atoms. The average molecular weight is 483 g/mol. The zero-order valence-electron chi connectivity index (χ0n) is 19.0. The summed E-state index contributed by atoms with van der Waals surface area (Å²) in [6, 6.07) is 18.4. The highest BCUT2D eigenvalue weighted by Crippen LogP contribution is 2.30. The Kier molecular flexibility index (Phi) is 6.95. The topological polar surface area (TPSA) is 61.9 Å². The highest BCUT2D eigenvalue weighted by atomic mass is 19.4. The number of halogens is 3. The fourth-order valence-electron chi connectivity index (χ4n) is 3.88. The van der Waals surface area contributed by atoms with Crippen molar-refractivity contribution in [1.29, 1.82) is 0 Å². The molecule has 1 aliphatic heterocycles. The summed E-state index contributed by atoms with van der Waals surface area (Å²) in [5.74, 6) is 0.297. The molecule has 0 unspecified atom stereocenters. The lowest BCUT2D eigenvalue weighted by atomic mass is 10.1. The minimum Gasteiger partial charge on any atom is -0.497 e. The molecule has 1 aliphatic rings. The number of nitrogens with one attached hydrogen (secondary N) is 1. The molecule has 0 atom stereocenters. The summed E-state index contributed by atoms with van der Waals surface area (Å²) >= 11 is 0. The SMILES string of the molecule is COc1cccc(C(=O)Nc2ccc(N3CCCN(Cc4ccc(C(F)(F)F)cc4)C3=O)cc2)c1. The number of nitrogens with zero attached hydrogens (tertiary/aromatic N) is 2.